The molecule has 0 saturated heterocycles. The van der Waals surface area contributed by atoms with E-state index in [2.05, 4.69) is 4.98 Å². The quantitative estimate of drug-likeness (QED) is 0.900. The number of hydrogen-bond acceptors (Lipinski definition) is 2. The Labute approximate surface area is 111 Å². The minimum Gasteiger partial charge on any atom is -0.387 e. The summed E-state index contributed by atoms with van der Waals surface area (Å²) in [5, 5.41) is 11.2. The van der Waals surface area contributed by atoms with E-state index < -0.39 is 6.10 Å². The van der Waals surface area contributed by atoms with Gasteiger partial charge >= 0.3 is 0 Å². The van der Waals surface area contributed by atoms with E-state index in [9.17, 15) is 5.11 Å². The van der Waals surface area contributed by atoms with Gasteiger partial charge in [-0.3, -0.25) is 0 Å². The first-order chi connectivity index (χ1) is 8.75. The summed E-state index contributed by atoms with van der Waals surface area (Å²) in [4.78, 5) is 4.12. The maximum atomic E-state index is 10.6. The Bertz CT molecular complexity index is 546. The van der Waals surface area contributed by atoms with Crippen molar-refractivity contribution in [1.82, 2.24) is 9.38 Å². The summed E-state index contributed by atoms with van der Waals surface area (Å²) in [5.74, 6) is 0.350. The summed E-state index contributed by atoms with van der Waals surface area (Å²) < 4.78 is 1.94. The molecule has 96 valence electrons. The van der Waals surface area contributed by atoms with E-state index in [0.717, 1.165) is 24.1 Å². The number of hydrogen-bond donors (Lipinski definition) is 1. The lowest BCUT2D eigenvalue weighted by Gasteiger charge is -2.27. The van der Waals surface area contributed by atoms with Crippen molar-refractivity contribution in [3.05, 3.63) is 35.4 Å². The molecule has 1 fully saturated rings. The number of aliphatic hydroxyl groups excluding tert-OH is 1. The minimum atomic E-state index is -0.444. The number of rotatable bonds is 2. The van der Waals surface area contributed by atoms with Crippen LogP contribution in [0, 0.1) is 5.92 Å². The van der Waals surface area contributed by atoms with Gasteiger partial charge in [0.1, 0.15) is 0 Å². The van der Waals surface area contributed by atoms with Gasteiger partial charge < -0.3 is 9.51 Å². The van der Waals surface area contributed by atoms with Crippen LogP contribution in [0.2, 0.25) is 5.02 Å². The van der Waals surface area contributed by atoms with E-state index in [1.165, 1.54) is 19.3 Å². The average Bonchev–Trinajstić information content (AvgIpc) is 2.86. The van der Waals surface area contributed by atoms with Gasteiger partial charge in [-0.1, -0.05) is 30.9 Å². The number of fused-ring (bicyclic) bond motifs is 1. The average molecular weight is 265 g/mol. The second kappa shape index (κ2) is 4.90. The largest absolute Gasteiger partial charge is 0.387 e. The molecule has 1 aliphatic rings. The van der Waals surface area contributed by atoms with Gasteiger partial charge in [-0.25, -0.2) is 4.98 Å². The zero-order valence-electron chi connectivity index (χ0n) is 10.2. The topological polar surface area (TPSA) is 37.5 Å². The maximum absolute atomic E-state index is 10.6. The van der Waals surface area contributed by atoms with Gasteiger partial charge in [0.15, 0.2) is 0 Å². The maximum Gasteiger partial charge on any atom is 0.0995 e. The van der Waals surface area contributed by atoms with Crippen molar-refractivity contribution in [3.63, 3.8) is 0 Å². The molecule has 1 aliphatic carbocycles. The van der Waals surface area contributed by atoms with Crippen molar-refractivity contribution >= 4 is 17.1 Å². The molecule has 0 radical (unpaired) electrons. The van der Waals surface area contributed by atoms with E-state index in [4.69, 9.17) is 11.6 Å². The van der Waals surface area contributed by atoms with E-state index in [1.54, 1.807) is 12.5 Å². The zero-order valence-corrected chi connectivity index (χ0v) is 11.0. The molecule has 1 unspecified atom stereocenters. The summed E-state index contributed by atoms with van der Waals surface area (Å²) >= 11 is 6.11. The summed E-state index contributed by atoms with van der Waals surface area (Å²) in [6.45, 7) is 0. The van der Waals surface area contributed by atoms with Gasteiger partial charge in [-0.05, 0) is 30.9 Å². The molecule has 4 heteroatoms. The smallest absolute Gasteiger partial charge is 0.0995 e. The van der Waals surface area contributed by atoms with Gasteiger partial charge in [0.2, 0.25) is 0 Å². The highest BCUT2D eigenvalue weighted by Crippen LogP contribution is 2.35. The van der Waals surface area contributed by atoms with Crippen molar-refractivity contribution < 1.29 is 5.11 Å². The molecule has 3 nitrogen and oxygen atoms in total. The van der Waals surface area contributed by atoms with Crippen molar-refractivity contribution in [1.29, 1.82) is 0 Å². The second-order valence-electron chi connectivity index (χ2n) is 5.13. The monoisotopic (exact) mass is 264 g/mol. The third kappa shape index (κ3) is 2.13. The fourth-order valence-electron chi connectivity index (χ4n) is 2.94. The van der Waals surface area contributed by atoms with Crippen LogP contribution in [0.3, 0.4) is 0 Å². The number of pyridine rings is 1. The molecule has 0 bridgehead atoms. The number of nitrogens with zero attached hydrogens (tertiary/aromatic N) is 2. The highest BCUT2D eigenvalue weighted by Gasteiger charge is 2.25. The number of imidazole rings is 1. The van der Waals surface area contributed by atoms with Crippen molar-refractivity contribution in [3.8, 4) is 0 Å². The van der Waals surface area contributed by atoms with Gasteiger partial charge in [-0.15, -0.1) is 0 Å². The molecule has 0 amide bonds. The van der Waals surface area contributed by atoms with Crippen LogP contribution >= 0.6 is 11.6 Å². The highest BCUT2D eigenvalue weighted by atomic mass is 35.5. The van der Waals surface area contributed by atoms with Crippen LogP contribution in [-0.2, 0) is 0 Å². The van der Waals surface area contributed by atoms with Crippen molar-refractivity contribution in [2.75, 3.05) is 0 Å². The normalized spacial score (nSPS) is 19.2. The highest BCUT2D eigenvalue weighted by molar-refractivity contribution is 6.31. The molecule has 2 aromatic heterocycles. The molecule has 0 aromatic carbocycles. The second-order valence-corrected chi connectivity index (χ2v) is 5.57. The summed E-state index contributed by atoms with van der Waals surface area (Å²) in [5.41, 5.74) is 1.80. The van der Waals surface area contributed by atoms with Crippen LogP contribution < -0.4 is 0 Å². The third-order valence-corrected chi connectivity index (χ3v) is 4.13. The minimum absolute atomic E-state index is 0.350. The molecule has 1 saturated carbocycles. The van der Waals surface area contributed by atoms with Gasteiger partial charge in [0.25, 0.3) is 0 Å². The molecule has 0 aliphatic heterocycles. The van der Waals surface area contributed by atoms with Crippen LogP contribution in [0.5, 0.6) is 0 Å². The number of aromatic nitrogens is 2. The first-order valence-corrected chi connectivity index (χ1v) is 6.93. The first kappa shape index (κ1) is 12.0. The lowest BCUT2D eigenvalue weighted by Crippen LogP contribution is -2.18. The predicted octanol–water partition coefficient (Wildman–Crippen LogP) is 3.60. The molecule has 0 spiro atoms. The molecule has 1 atom stereocenters. The van der Waals surface area contributed by atoms with Crippen LogP contribution in [0.1, 0.15) is 43.9 Å². The molecule has 2 aromatic rings. The Kier molecular flexibility index (Phi) is 3.27. The van der Waals surface area contributed by atoms with Crippen molar-refractivity contribution in [2.24, 2.45) is 5.92 Å². The lowest BCUT2D eigenvalue weighted by atomic mass is 9.84. The van der Waals surface area contributed by atoms with Crippen LogP contribution in [-0.4, -0.2) is 14.5 Å². The van der Waals surface area contributed by atoms with Crippen LogP contribution in [0.25, 0.3) is 5.52 Å². The van der Waals surface area contributed by atoms with Gasteiger partial charge in [-0.2, -0.15) is 0 Å². The standard InChI is InChI=1S/C14H17ClN2O/c15-11-6-12-8-16-9-17(12)13(7-11)14(18)10-4-2-1-3-5-10/h6-10,14,18H,1-5H2. The molecule has 2 heterocycles. The van der Waals surface area contributed by atoms with E-state index in [1.807, 2.05) is 16.5 Å². The number of halogens is 1. The lowest BCUT2D eigenvalue weighted by molar-refractivity contribution is 0.0801. The van der Waals surface area contributed by atoms with E-state index in [-0.39, 0.29) is 0 Å². The van der Waals surface area contributed by atoms with Gasteiger partial charge in [0.05, 0.1) is 29.8 Å². The number of aliphatic hydroxyl groups is 1. The Balaban J connectivity index is 1.99. The van der Waals surface area contributed by atoms with Crippen molar-refractivity contribution in [2.45, 2.75) is 38.2 Å². The Hall–Kier alpha value is -1.06. The zero-order chi connectivity index (χ0) is 12.5. The fraction of sp³-hybridized carbons (Fsp3) is 0.500. The Morgan fingerprint density at radius 1 is 1.28 bits per heavy atom. The van der Waals surface area contributed by atoms with Gasteiger partial charge in [0, 0.05) is 5.02 Å². The third-order valence-electron chi connectivity index (χ3n) is 3.92. The van der Waals surface area contributed by atoms with Crippen LogP contribution in [0.15, 0.2) is 24.7 Å². The van der Waals surface area contributed by atoms with E-state index in [0.29, 0.717) is 10.9 Å². The summed E-state index contributed by atoms with van der Waals surface area (Å²) in [7, 11) is 0. The molecule has 3 rings (SSSR count). The molecule has 18 heavy (non-hydrogen) atoms. The summed E-state index contributed by atoms with van der Waals surface area (Å²) in [6.07, 6.45) is 8.99. The molecule has 1 N–H and O–H groups in total. The molecular formula is C14H17ClN2O. The molecular weight excluding hydrogens is 248 g/mol. The Morgan fingerprint density at radius 3 is 2.83 bits per heavy atom. The first-order valence-electron chi connectivity index (χ1n) is 6.55. The van der Waals surface area contributed by atoms with E-state index >= 15 is 0 Å². The Morgan fingerprint density at radius 2 is 2.06 bits per heavy atom. The summed E-state index contributed by atoms with van der Waals surface area (Å²) in [6, 6.07) is 3.72. The van der Waals surface area contributed by atoms with Crippen LogP contribution in [0.4, 0.5) is 0 Å². The SMILES string of the molecule is OC(c1cc(Cl)cc2cncn12)C1CCCCC1. The fourth-order valence-corrected chi connectivity index (χ4v) is 3.16. The predicted molar refractivity (Wildman–Crippen MR) is 71.7 cm³/mol.